The molecule has 0 aromatic heterocycles. The van der Waals surface area contributed by atoms with Crippen molar-refractivity contribution in [3.05, 3.63) is 35.4 Å². The van der Waals surface area contributed by atoms with Gasteiger partial charge in [-0.1, -0.05) is 29.8 Å². The van der Waals surface area contributed by atoms with Gasteiger partial charge in [0.05, 0.1) is 12.5 Å². The number of likely N-dealkylation sites (tertiary alicyclic amines) is 1. The average molecular weight is 331 g/mol. The highest BCUT2D eigenvalue weighted by Gasteiger charge is 2.26. The molecule has 1 aliphatic heterocycles. The maximum absolute atomic E-state index is 12.7. The van der Waals surface area contributed by atoms with Gasteiger partial charge in [0.25, 0.3) is 0 Å². The van der Waals surface area contributed by atoms with Crippen molar-refractivity contribution in [3.63, 3.8) is 0 Å². The van der Waals surface area contributed by atoms with Crippen molar-refractivity contribution in [2.75, 3.05) is 26.7 Å². The number of hydrogen-bond donors (Lipinski definition) is 2. The number of rotatable bonds is 6. The Morgan fingerprint density at radius 2 is 2.00 bits per heavy atom. The fourth-order valence-electron chi connectivity index (χ4n) is 3.35. The minimum atomic E-state index is -0.264. The summed E-state index contributed by atoms with van der Waals surface area (Å²) in [6.45, 7) is 6.09. The van der Waals surface area contributed by atoms with Crippen molar-refractivity contribution in [1.29, 1.82) is 0 Å². The van der Waals surface area contributed by atoms with Gasteiger partial charge in [0.2, 0.25) is 11.8 Å². The first-order valence-corrected chi connectivity index (χ1v) is 8.75. The van der Waals surface area contributed by atoms with Gasteiger partial charge in [0.1, 0.15) is 0 Å². The molecule has 0 bridgehead atoms. The molecule has 1 aromatic carbocycles. The zero-order valence-electron chi connectivity index (χ0n) is 15.0. The molecule has 5 nitrogen and oxygen atoms in total. The molecule has 132 valence electrons. The molecule has 0 radical (unpaired) electrons. The molecule has 1 saturated heterocycles. The zero-order valence-corrected chi connectivity index (χ0v) is 15.0. The molecule has 0 saturated carbocycles. The first-order chi connectivity index (χ1) is 11.5. The number of carbonyl (C=O) groups is 2. The summed E-state index contributed by atoms with van der Waals surface area (Å²) in [7, 11) is 1.95. The van der Waals surface area contributed by atoms with Crippen molar-refractivity contribution < 1.29 is 9.59 Å². The van der Waals surface area contributed by atoms with Crippen molar-refractivity contribution in [2.45, 2.75) is 39.2 Å². The van der Waals surface area contributed by atoms with E-state index in [0.29, 0.717) is 12.3 Å². The first kappa shape index (κ1) is 18.5. The van der Waals surface area contributed by atoms with Crippen molar-refractivity contribution in [3.8, 4) is 0 Å². The van der Waals surface area contributed by atoms with Crippen LogP contribution in [0.3, 0.4) is 0 Å². The third kappa shape index (κ3) is 5.34. The molecule has 1 aliphatic rings. The van der Waals surface area contributed by atoms with E-state index in [0.717, 1.165) is 43.6 Å². The van der Waals surface area contributed by atoms with E-state index in [-0.39, 0.29) is 17.9 Å². The summed E-state index contributed by atoms with van der Waals surface area (Å²) in [5.41, 5.74) is 2.14. The van der Waals surface area contributed by atoms with Gasteiger partial charge in [-0.15, -0.1) is 0 Å². The molecule has 0 aliphatic carbocycles. The summed E-state index contributed by atoms with van der Waals surface area (Å²) < 4.78 is 0. The predicted octanol–water partition coefficient (Wildman–Crippen LogP) is 2.02. The smallest absolute Gasteiger partial charge is 0.224 e. The van der Waals surface area contributed by atoms with E-state index >= 15 is 0 Å². The van der Waals surface area contributed by atoms with E-state index in [1.165, 1.54) is 6.92 Å². The predicted molar refractivity (Wildman–Crippen MR) is 95.6 cm³/mol. The average Bonchev–Trinajstić information content (AvgIpc) is 2.55. The van der Waals surface area contributed by atoms with Crippen LogP contribution in [0.25, 0.3) is 0 Å². The van der Waals surface area contributed by atoms with Gasteiger partial charge in [-0.05, 0) is 44.8 Å². The molecular formula is C19H29N3O2. The van der Waals surface area contributed by atoms with Gasteiger partial charge in [-0.3, -0.25) is 9.59 Å². The number of nitrogens with zero attached hydrogens (tertiary/aromatic N) is 1. The van der Waals surface area contributed by atoms with E-state index in [2.05, 4.69) is 10.6 Å². The lowest BCUT2D eigenvalue weighted by atomic mass is 9.96. The molecule has 2 N–H and O–H groups in total. The van der Waals surface area contributed by atoms with Gasteiger partial charge < -0.3 is 15.5 Å². The van der Waals surface area contributed by atoms with Crippen LogP contribution in [0, 0.1) is 12.8 Å². The number of amides is 2. The molecule has 2 rings (SSSR count). The topological polar surface area (TPSA) is 61.4 Å². The van der Waals surface area contributed by atoms with Crippen LogP contribution in [0.5, 0.6) is 0 Å². The lowest BCUT2D eigenvalue weighted by Crippen LogP contribution is -2.43. The molecule has 1 fully saturated rings. The normalized spacial score (nSPS) is 19.0. The minimum absolute atomic E-state index is 0.111. The Labute approximate surface area is 144 Å². The lowest BCUT2D eigenvalue weighted by molar-refractivity contribution is -0.133. The highest BCUT2D eigenvalue weighted by atomic mass is 16.2. The van der Waals surface area contributed by atoms with Crippen LogP contribution < -0.4 is 10.6 Å². The highest BCUT2D eigenvalue weighted by Crippen LogP contribution is 2.22. The van der Waals surface area contributed by atoms with Gasteiger partial charge in [0.15, 0.2) is 0 Å². The molecule has 5 heteroatoms. The standard InChI is InChI=1S/C19H29N3O2/c1-14-6-8-17(9-7-14)18(21-15(2)23)11-19(24)22-10-4-5-16(13-22)12-20-3/h6-9,16,18,20H,4-5,10-13H2,1-3H3,(H,21,23). The van der Waals surface area contributed by atoms with Gasteiger partial charge in [-0.25, -0.2) is 0 Å². The summed E-state index contributed by atoms with van der Waals surface area (Å²) in [5.74, 6) is 0.529. The second-order valence-electron chi connectivity index (χ2n) is 6.77. The van der Waals surface area contributed by atoms with Gasteiger partial charge in [-0.2, -0.15) is 0 Å². The maximum Gasteiger partial charge on any atom is 0.224 e. The lowest BCUT2D eigenvalue weighted by Gasteiger charge is -2.33. The Hall–Kier alpha value is -1.88. The Balaban J connectivity index is 2.03. The van der Waals surface area contributed by atoms with Crippen LogP contribution in [0.4, 0.5) is 0 Å². The summed E-state index contributed by atoms with van der Waals surface area (Å²) in [4.78, 5) is 26.2. The van der Waals surface area contributed by atoms with E-state index < -0.39 is 0 Å². The van der Waals surface area contributed by atoms with Crippen LogP contribution in [-0.2, 0) is 9.59 Å². The van der Waals surface area contributed by atoms with Gasteiger partial charge >= 0.3 is 0 Å². The Morgan fingerprint density at radius 1 is 1.29 bits per heavy atom. The van der Waals surface area contributed by atoms with Crippen LogP contribution in [-0.4, -0.2) is 43.4 Å². The molecule has 1 heterocycles. The number of hydrogen-bond acceptors (Lipinski definition) is 3. The molecule has 1 aromatic rings. The van der Waals surface area contributed by atoms with E-state index in [1.54, 1.807) is 0 Å². The highest BCUT2D eigenvalue weighted by molar-refractivity contribution is 5.79. The van der Waals surface area contributed by atoms with Crippen molar-refractivity contribution in [1.82, 2.24) is 15.5 Å². The van der Waals surface area contributed by atoms with E-state index in [9.17, 15) is 9.59 Å². The monoisotopic (exact) mass is 331 g/mol. The molecule has 0 spiro atoms. The number of piperidine rings is 1. The second kappa shape index (κ2) is 8.83. The SMILES string of the molecule is CNCC1CCCN(C(=O)CC(NC(C)=O)c2ccc(C)cc2)C1. The fraction of sp³-hybridized carbons (Fsp3) is 0.579. The van der Waals surface area contributed by atoms with E-state index in [4.69, 9.17) is 0 Å². The van der Waals surface area contributed by atoms with Crippen molar-refractivity contribution in [2.24, 2.45) is 5.92 Å². The summed E-state index contributed by atoms with van der Waals surface area (Å²) >= 11 is 0. The molecule has 2 amide bonds. The van der Waals surface area contributed by atoms with Crippen LogP contribution in [0.2, 0.25) is 0 Å². The molecule has 24 heavy (non-hydrogen) atoms. The van der Waals surface area contributed by atoms with Crippen molar-refractivity contribution >= 4 is 11.8 Å². The Morgan fingerprint density at radius 3 is 2.62 bits per heavy atom. The summed E-state index contributed by atoms with van der Waals surface area (Å²) in [6, 6.07) is 7.74. The van der Waals surface area contributed by atoms with Crippen LogP contribution in [0.15, 0.2) is 24.3 Å². The minimum Gasteiger partial charge on any atom is -0.349 e. The maximum atomic E-state index is 12.7. The number of benzene rings is 1. The largest absolute Gasteiger partial charge is 0.349 e. The second-order valence-corrected chi connectivity index (χ2v) is 6.77. The molecule has 2 unspecified atom stereocenters. The number of nitrogens with one attached hydrogen (secondary N) is 2. The Kier molecular flexibility index (Phi) is 6.79. The van der Waals surface area contributed by atoms with Crippen LogP contribution in [0.1, 0.15) is 43.4 Å². The quantitative estimate of drug-likeness (QED) is 0.838. The van der Waals surface area contributed by atoms with Gasteiger partial charge in [0, 0.05) is 20.0 Å². The first-order valence-electron chi connectivity index (χ1n) is 8.75. The molecular weight excluding hydrogens is 302 g/mol. The number of carbonyl (C=O) groups excluding carboxylic acids is 2. The third-order valence-electron chi connectivity index (χ3n) is 4.60. The summed E-state index contributed by atoms with van der Waals surface area (Å²) in [5, 5.41) is 6.12. The zero-order chi connectivity index (χ0) is 17.5. The van der Waals surface area contributed by atoms with E-state index in [1.807, 2.05) is 43.1 Å². The Bertz CT molecular complexity index is 554. The van der Waals surface area contributed by atoms with Crippen LogP contribution >= 0.6 is 0 Å². The fourth-order valence-corrected chi connectivity index (χ4v) is 3.35. The third-order valence-corrected chi connectivity index (χ3v) is 4.60. The number of aryl methyl sites for hydroxylation is 1. The summed E-state index contributed by atoms with van der Waals surface area (Å²) in [6.07, 6.45) is 2.53. The molecule has 2 atom stereocenters.